The van der Waals surface area contributed by atoms with Crippen molar-refractivity contribution >= 4 is 52.0 Å². The average Bonchev–Trinajstić information content (AvgIpc) is 3.01. The van der Waals surface area contributed by atoms with Crippen LogP contribution in [0.1, 0.15) is 53.4 Å². The highest BCUT2D eigenvalue weighted by Crippen LogP contribution is 2.50. The first-order valence-electron chi connectivity index (χ1n) is 16.5. The molecule has 1 spiro atoms. The number of carbonyl (C=O) groups excluding carboxylic acids is 2. The summed E-state index contributed by atoms with van der Waals surface area (Å²) in [5.41, 5.74) is 0.875. The van der Waals surface area contributed by atoms with E-state index in [0.29, 0.717) is 23.3 Å². The standard InChI is InChI=1S/C34H44ClN7O6/c1-6-42-26-8-7-22(13-21(26)14-27(30(42)44)46-18-28(43)36-5)38-29-25(35)17-37-31(39-29)40-11-9-23(10-12-40)47-24-15-34(16-24)19-41(20-34)32(45)48-33(2,3)4/h7-8,13-14,17,23-24H,6,9-12,15-16,18-20H2,1-5H3,(H,36,43)(H,37,38,39). The number of likely N-dealkylation sites (N-methyl/N-ethyl adjacent to an activating group) is 1. The van der Waals surface area contributed by atoms with Gasteiger partial charge in [-0.05, 0) is 77.6 Å². The SMILES string of the molecule is CCn1c(=O)c(OCC(=O)NC)cc2cc(Nc3nc(N4CCC(OC5CC6(C5)CN(C(=O)OC(C)(C)C)C6)CC4)ncc3Cl)ccc21. The number of anilines is 3. The van der Waals surface area contributed by atoms with Crippen LogP contribution in [0.2, 0.25) is 5.02 Å². The number of rotatable bonds is 9. The number of nitrogens with zero attached hydrogens (tertiary/aromatic N) is 5. The van der Waals surface area contributed by atoms with E-state index in [4.69, 9.17) is 30.8 Å². The molecular formula is C34H44ClN7O6. The van der Waals surface area contributed by atoms with Crippen molar-refractivity contribution in [1.29, 1.82) is 0 Å². The van der Waals surface area contributed by atoms with Crippen LogP contribution in [-0.4, -0.2) is 89.1 Å². The molecule has 0 bridgehead atoms. The summed E-state index contributed by atoms with van der Waals surface area (Å²) in [4.78, 5) is 50.2. The molecule has 14 heteroatoms. The van der Waals surface area contributed by atoms with E-state index in [0.717, 1.165) is 68.5 Å². The quantitative estimate of drug-likeness (QED) is 0.326. The van der Waals surface area contributed by atoms with Crippen molar-refractivity contribution in [2.24, 2.45) is 5.41 Å². The molecule has 1 saturated carbocycles. The molecule has 1 aliphatic carbocycles. The summed E-state index contributed by atoms with van der Waals surface area (Å²) < 4.78 is 19.1. The molecule has 2 saturated heterocycles. The highest BCUT2D eigenvalue weighted by atomic mass is 35.5. The fraction of sp³-hybridized carbons (Fsp3) is 0.559. The molecule has 0 atom stereocenters. The van der Waals surface area contributed by atoms with Gasteiger partial charge in [0, 0.05) is 56.3 Å². The van der Waals surface area contributed by atoms with Crippen LogP contribution in [0.3, 0.4) is 0 Å². The van der Waals surface area contributed by atoms with Gasteiger partial charge in [0.2, 0.25) is 5.95 Å². The van der Waals surface area contributed by atoms with E-state index >= 15 is 0 Å². The van der Waals surface area contributed by atoms with Gasteiger partial charge in [-0.2, -0.15) is 4.98 Å². The van der Waals surface area contributed by atoms with Gasteiger partial charge in [0.1, 0.15) is 10.6 Å². The highest BCUT2D eigenvalue weighted by Gasteiger charge is 2.55. The lowest BCUT2D eigenvalue weighted by atomic mass is 9.62. The van der Waals surface area contributed by atoms with Crippen LogP contribution in [0.5, 0.6) is 5.75 Å². The second-order valence-corrected chi connectivity index (χ2v) is 14.4. The number of piperidine rings is 1. The number of aryl methyl sites for hydroxylation is 1. The third-order valence-corrected chi connectivity index (χ3v) is 9.42. The van der Waals surface area contributed by atoms with Crippen LogP contribution in [0.4, 0.5) is 22.2 Å². The van der Waals surface area contributed by atoms with Crippen molar-refractivity contribution in [3.63, 3.8) is 0 Å². The van der Waals surface area contributed by atoms with Crippen LogP contribution >= 0.6 is 11.6 Å². The van der Waals surface area contributed by atoms with Crippen molar-refractivity contribution in [2.75, 3.05) is 50.1 Å². The van der Waals surface area contributed by atoms with Crippen molar-refractivity contribution in [1.82, 2.24) is 24.8 Å². The lowest BCUT2D eigenvalue weighted by Gasteiger charge is -2.58. The number of fused-ring (bicyclic) bond motifs is 1. The molecule has 2 amide bonds. The second kappa shape index (κ2) is 13.4. The maximum absolute atomic E-state index is 12.9. The number of nitrogens with one attached hydrogen (secondary N) is 2. The molecule has 2 aliphatic heterocycles. The van der Waals surface area contributed by atoms with Gasteiger partial charge in [-0.3, -0.25) is 9.59 Å². The Hall–Kier alpha value is -4.10. The predicted molar refractivity (Wildman–Crippen MR) is 183 cm³/mol. The van der Waals surface area contributed by atoms with E-state index in [1.54, 1.807) is 21.7 Å². The Morgan fingerprint density at radius 2 is 1.83 bits per heavy atom. The normalized spacial score (nSPS) is 18.0. The maximum atomic E-state index is 12.9. The first kappa shape index (κ1) is 33.8. The maximum Gasteiger partial charge on any atom is 0.410 e. The van der Waals surface area contributed by atoms with Gasteiger partial charge in [0.25, 0.3) is 11.5 Å². The van der Waals surface area contributed by atoms with Gasteiger partial charge in [-0.25, -0.2) is 9.78 Å². The van der Waals surface area contributed by atoms with Crippen LogP contribution in [-0.2, 0) is 20.8 Å². The lowest BCUT2D eigenvalue weighted by molar-refractivity contribution is -0.167. The Kier molecular flexibility index (Phi) is 9.45. The van der Waals surface area contributed by atoms with E-state index in [1.807, 2.05) is 45.9 Å². The molecule has 4 heterocycles. The van der Waals surface area contributed by atoms with Crippen molar-refractivity contribution < 1.29 is 23.8 Å². The van der Waals surface area contributed by atoms with Crippen LogP contribution in [0.15, 0.2) is 35.3 Å². The molecular weight excluding hydrogens is 638 g/mol. The van der Waals surface area contributed by atoms with Crippen LogP contribution in [0, 0.1) is 5.41 Å². The van der Waals surface area contributed by atoms with E-state index in [2.05, 4.69) is 20.5 Å². The van der Waals surface area contributed by atoms with Crippen molar-refractivity contribution in [2.45, 2.75) is 77.7 Å². The zero-order chi connectivity index (χ0) is 34.2. The molecule has 0 radical (unpaired) electrons. The molecule has 2 aromatic heterocycles. The lowest BCUT2D eigenvalue weighted by Crippen LogP contribution is -2.66. The Bertz CT molecular complexity index is 1740. The number of benzene rings is 1. The third kappa shape index (κ3) is 7.31. The van der Waals surface area contributed by atoms with E-state index in [9.17, 15) is 14.4 Å². The summed E-state index contributed by atoms with van der Waals surface area (Å²) >= 11 is 6.52. The number of likely N-dealkylation sites (tertiary alicyclic amines) is 1. The monoisotopic (exact) mass is 681 g/mol. The molecule has 13 nitrogen and oxygen atoms in total. The zero-order valence-electron chi connectivity index (χ0n) is 28.2. The minimum Gasteiger partial charge on any atom is -0.478 e. The zero-order valence-corrected chi connectivity index (χ0v) is 28.9. The predicted octanol–water partition coefficient (Wildman–Crippen LogP) is 4.72. The summed E-state index contributed by atoms with van der Waals surface area (Å²) in [5, 5.41) is 6.94. The number of pyridine rings is 1. The molecule has 48 heavy (non-hydrogen) atoms. The number of hydrogen-bond acceptors (Lipinski definition) is 10. The third-order valence-electron chi connectivity index (χ3n) is 9.14. The number of carbonyl (C=O) groups is 2. The molecule has 258 valence electrons. The highest BCUT2D eigenvalue weighted by molar-refractivity contribution is 6.32. The van der Waals surface area contributed by atoms with Gasteiger partial charge >= 0.3 is 6.09 Å². The number of hydrogen-bond donors (Lipinski definition) is 2. The Morgan fingerprint density at radius 1 is 1.10 bits per heavy atom. The molecule has 3 fully saturated rings. The summed E-state index contributed by atoms with van der Waals surface area (Å²) in [6.45, 7) is 10.8. The second-order valence-electron chi connectivity index (χ2n) is 14.0. The fourth-order valence-corrected chi connectivity index (χ4v) is 6.89. The average molecular weight is 682 g/mol. The van der Waals surface area contributed by atoms with Gasteiger partial charge in [-0.15, -0.1) is 0 Å². The topological polar surface area (TPSA) is 140 Å². The molecule has 6 rings (SSSR count). The molecule has 3 aliphatic rings. The van der Waals surface area contributed by atoms with E-state index in [1.165, 1.54) is 7.05 Å². The smallest absolute Gasteiger partial charge is 0.410 e. The fourth-order valence-electron chi connectivity index (χ4n) is 6.75. The molecule has 0 unspecified atom stereocenters. The minimum absolute atomic E-state index is 0.101. The van der Waals surface area contributed by atoms with Gasteiger partial charge in [0.15, 0.2) is 18.2 Å². The van der Waals surface area contributed by atoms with E-state index < -0.39 is 5.60 Å². The summed E-state index contributed by atoms with van der Waals surface area (Å²) in [7, 11) is 1.51. The van der Waals surface area contributed by atoms with Gasteiger partial charge in [0.05, 0.1) is 23.9 Å². The number of halogens is 1. The van der Waals surface area contributed by atoms with Gasteiger partial charge in [-0.1, -0.05) is 11.6 Å². The van der Waals surface area contributed by atoms with Crippen LogP contribution in [0.25, 0.3) is 10.9 Å². The summed E-state index contributed by atoms with van der Waals surface area (Å²) in [6.07, 6.45) is 5.49. The summed E-state index contributed by atoms with van der Waals surface area (Å²) in [5.74, 6) is 0.836. The van der Waals surface area contributed by atoms with Gasteiger partial charge < -0.3 is 39.2 Å². The van der Waals surface area contributed by atoms with Crippen molar-refractivity contribution in [3.8, 4) is 5.75 Å². The Morgan fingerprint density at radius 3 is 2.50 bits per heavy atom. The Balaban J connectivity index is 1.04. The molecule has 3 aromatic rings. The summed E-state index contributed by atoms with van der Waals surface area (Å²) in [6, 6.07) is 7.25. The largest absolute Gasteiger partial charge is 0.478 e. The van der Waals surface area contributed by atoms with Crippen LogP contribution < -0.4 is 25.8 Å². The molecule has 2 N–H and O–H groups in total. The first-order chi connectivity index (χ1) is 22.8. The molecule has 1 aromatic carbocycles. The van der Waals surface area contributed by atoms with E-state index in [-0.39, 0.29) is 47.5 Å². The van der Waals surface area contributed by atoms with Crippen molar-refractivity contribution in [3.05, 3.63) is 45.8 Å². The first-order valence-corrected chi connectivity index (χ1v) is 16.9. The Labute approximate surface area is 284 Å². The minimum atomic E-state index is -0.479. The number of amides is 2. The number of aromatic nitrogens is 3. The number of ether oxygens (including phenoxy) is 3.